The van der Waals surface area contributed by atoms with Crippen LogP contribution >= 0.6 is 0 Å². The lowest BCUT2D eigenvalue weighted by Crippen LogP contribution is -2.15. The van der Waals surface area contributed by atoms with Crippen LogP contribution in [-0.2, 0) is 5.41 Å². The Morgan fingerprint density at radius 1 is 1.23 bits per heavy atom. The van der Waals surface area contributed by atoms with E-state index in [1.165, 1.54) is 18.2 Å². The molecule has 1 N–H and O–H groups in total. The topological polar surface area (TPSA) is 68.5 Å². The molecule has 3 rings (SSSR count). The highest BCUT2D eigenvalue weighted by Gasteiger charge is 2.19. The van der Waals surface area contributed by atoms with Gasteiger partial charge in [0.05, 0.1) is 11.9 Å². The van der Waals surface area contributed by atoms with Gasteiger partial charge in [0.25, 0.3) is 5.91 Å². The van der Waals surface area contributed by atoms with Crippen molar-refractivity contribution in [2.45, 2.75) is 32.8 Å². The van der Waals surface area contributed by atoms with E-state index >= 15 is 0 Å². The Bertz CT molecular complexity index is 948. The third-order valence-electron chi connectivity index (χ3n) is 3.64. The van der Waals surface area contributed by atoms with Gasteiger partial charge in [0, 0.05) is 17.2 Å². The molecule has 0 atom stereocenters. The molecule has 136 valence electrons. The van der Waals surface area contributed by atoms with Gasteiger partial charge in [0.2, 0.25) is 0 Å². The summed E-state index contributed by atoms with van der Waals surface area (Å²) in [6.07, 6.45) is 1.78. The van der Waals surface area contributed by atoms with E-state index in [-0.39, 0.29) is 16.9 Å². The number of amides is 1. The summed E-state index contributed by atoms with van der Waals surface area (Å²) in [5.41, 5.74) is 1.87. The van der Waals surface area contributed by atoms with Gasteiger partial charge >= 0.3 is 6.61 Å². The number of alkyl halides is 2. The second-order valence-corrected chi connectivity index (χ2v) is 6.76. The Hall–Kier alpha value is -3.03. The number of hydrogen-bond donors (Lipinski definition) is 1. The second-order valence-electron chi connectivity index (χ2n) is 6.76. The molecule has 0 aliphatic heterocycles. The van der Waals surface area contributed by atoms with Gasteiger partial charge in [-0.2, -0.15) is 13.9 Å². The molecule has 0 aliphatic carbocycles. The van der Waals surface area contributed by atoms with Crippen LogP contribution in [-0.4, -0.2) is 27.1 Å². The van der Waals surface area contributed by atoms with E-state index in [2.05, 4.69) is 20.1 Å². The predicted molar refractivity (Wildman–Crippen MR) is 92.7 cm³/mol. The second kappa shape index (κ2) is 6.70. The SMILES string of the molecule is CC(C)(C)c1cn2nc(C(=O)Nc3cccc(OC(F)F)c3)ccc2n1. The lowest BCUT2D eigenvalue weighted by atomic mass is 9.93. The number of nitrogens with zero attached hydrogens (tertiary/aromatic N) is 3. The number of hydrogen-bond acceptors (Lipinski definition) is 4. The van der Waals surface area contributed by atoms with Gasteiger partial charge in [-0.05, 0) is 24.3 Å². The van der Waals surface area contributed by atoms with E-state index < -0.39 is 12.5 Å². The molecule has 8 heteroatoms. The van der Waals surface area contributed by atoms with Gasteiger partial charge in [-0.1, -0.05) is 26.8 Å². The van der Waals surface area contributed by atoms with Gasteiger partial charge in [0.1, 0.15) is 11.4 Å². The third kappa shape index (κ3) is 3.96. The fraction of sp³-hybridized carbons (Fsp3) is 0.278. The Labute approximate surface area is 148 Å². The molecule has 1 aromatic carbocycles. The zero-order valence-electron chi connectivity index (χ0n) is 14.5. The van der Waals surface area contributed by atoms with Crippen molar-refractivity contribution in [3.63, 3.8) is 0 Å². The molecule has 0 fully saturated rings. The molecule has 2 heterocycles. The molecule has 2 aromatic heterocycles. The quantitative estimate of drug-likeness (QED) is 0.767. The minimum Gasteiger partial charge on any atom is -0.435 e. The Morgan fingerprint density at radius 3 is 2.69 bits per heavy atom. The Kier molecular flexibility index (Phi) is 4.58. The van der Waals surface area contributed by atoms with Crippen molar-refractivity contribution in [2.75, 3.05) is 5.32 Å². The molecule has 0 saturated heterocycles. The summed E-state index contributed by atoms with van der Waals surface area (Å²) in [5.74, 6) is -0.502. The van der Waals surface area contributed by atoms with E-state index in [0.29, 0.717) is 11.3 Å². The molecule has 6 nitrogen and oxygen atoms in total. The lowest BCUT2D eigenvalue weighted by Gasteiger charge is -2.13. The predicted octanol–water partition coefficient (Wildman–Crippen LogP) is 3.88. The Balaban J connectivity index is 1.81. The van der Waals surface area contributed by atoms with Gasteiger partial charge < -0.3 is 10.1 Å². The number of aromatic nitrogens is 3. The number of halogens is 2. The van der Waals surface area contributed by atoms with Crippen LogP contribution < -0.4 is 10.1 Å². The number of nitrogens with one attached hydrogen (secondary N) is 1. The van der Waals surface area contributed by atoms with Crippen LogP contribution in [0.1, 0.15) is 37.0 Å². The minimum absolute atomic E-state index is 0.0364. The third-order valence-corrected chi connectivity index (χ3v) is 3.64. The van der Waals surface area contributed by atoms with Gasteiger partial charge in [-0.3, -0.25) is 4.79 Å². The fourth-order valence-corrected chi connectivity index (χ4v) is 2.31. The molecule has 0 bridgehead atoms. The average Bonchev–Trinajstić information content (AvgIpc) is 2.98. The molecule has 3 aromatic rings. The molecule has 0 saturated carbocycles. The normalized spacial score (nSPS) is 11.8. The lowest BCUT2D eigenvalue weighted by molar-refractivity contribution is -0.0497. The van der Waals surface area contributed by atoms with Gasteiger partial charge in [-0.25, -0.2) is 9.50 Å². The van der Waals surface area contributed by atoms with E-state index in [9.17, 15) is 13.6 Å². The van der Waals surface area contributed by atoms with Crippen LogP contribution in [0.15, 0.2) is 42.6 Å². The maximum absolute atomic E-state index is 12.4. The summed E-state index contributed by atoms with van der Waals surface area (Å²) in [4.78, 5) is 16.9. The smallest absolute Gasteiger partial charge is 0.387 e. The molecule has 0 spiro atoms. The summed E-state index contributed by atoms with van der Waals surface area (Å²) in [7, 11) is 0. The zero-order chi connectivity index (χ0) is 18.9. The first-order valence-corrected chi connectivity index (χ1v) is 7.95. The molecular weight excluding hydrogens is 342 g/mol. The van der Waals surface area contributed by atoms with Crippen molar-refractivity contribution in [2.24, 2.45) is 0 Å². The summed E-state index contributed by atoms with van der Waals surface area (Å²) in [6, 6.07) is 9.04. The van der Waals surface area contributed by atoms with Crippen molar-refractivity contribution >= 4 is 17.2 Å². The number of ether oxygens (including phenoxy) is 1. The van der Waals surface area contributed by atoms with Crippen molar-refractivity contribution in [1.82, 2.24) is 14.6 Å². The summed E-state index contributed by atoms with van der Waals surface area (Å²) >= 11 is 0. The van der Waals surface area contributed by atoms with Crippen LogP contribution in [0.2, 0.25) is 0 Å². The number of anilines is 1. The van der Waals surface area contributed by atoms with Crippen LogP contribution in [0, 0.1) is 0 Å². The first-order valence-electron chi connectivity index (χ1n) is 7.95. The first kappa shape index (κ1) is 17.8. The maximum Gasteiger partial charge on any atom is 0.387 e. The highest BCUT2D eigenvalue weighted by atomic mass is 19.3. The standard InChI is InChI=1S/C18H18F2N4O2/c1-18(2,3)14-10-24-15(22-14)8-7-13(23-24)16(25)21-11-5-4-6-12(9-11)26-17(19)20/h4-10,17H,1-3H3,(H,21,25). The Morgan fingerprint density at radius 2 is 2.00 bits per heavy atom. The van der Waals surface area contributed by atoms with Crippen molar-refractivity contribution in [3.8, 4) is 5.75 Å². The number of fused-ring (bicyclic) bond motifs is 1. The average molecular weight is 360 g/mol. The molecule has 0 unspecified atom stereocenters. The van der Waals surface area contributed by atoms with Crippen molar-refractivity contribution in [3.05, 3.63) is 54.0 Å². The number of carbonyl (C=O) groups excluding carboxylic acids is 1. The minimum atomic E-state index is -2.93. The number of rotatable bonds is 4. The highest BCUT2D eigenvalue weighted by molar-refractivity contribution is 6.02. The molecule has 26 heavy (non-hydrogen) atoms. The monoisotopic (exact) mass is 360 g/mol. The van der Waals surface area contributed by atoms with E-state index in [1.54, 1.807) is 28.9 Å². The van der Waals surface area contributed by atoms with Crippen LogP contribution in [0.3, 0.4) is 0 Å². The molecule has 0 radical (unpaired) electrons. The van der Waals surface area contributed by atoms with Crippen molar-refractivity contribution < 1.29 is 18.3 Å². The van der Waals surface area contributed by atoms with Gasteiger partial charge in [0.15, 0.2) is 5.65 Å². The summed E-state index contributed by atoms with van der Waals surface area (Å²) in [5, 5.41) is 6.88. The number of imidazole rings is 1. The zero-order valence-corrected chi connectivity index (χ0v) is 14.5. The number of carbonyl (C=O) groups is 1. The number of benzene rings is 1. The summed E-state index contributed by atoms with van der Waals surface area (Å²) in [6.45, 7) is 3.19. The molecular formula is C18H18F2N4O2. The fourth-order valence-electron chi connectivity index (χ4n) is 2.31. The van der Waals surface area contributed by atoms with E-state index in [1.807, 2.05) is 20.8 Å². The highest BCUT2D eigenvalue weighted by Crippen LogP contribution is 2.22. The van der Waals surface area contributed by atoms with Crippen molar-refractivity contribution in [1.29, 1.82) is 0 Å². The molecule has 0 aliphatic rings. The van der Waals surface area contributed by atoms with Gasteiger partial charge in [-0.15, -0.1) is 0 Å². The summed E-state index contributed by atoms with van der Waals surface area (Å²) < 4.78 is 30.4. The maximum atomic E-state index is 12.4. The van der Waals surface area contributed by atoms with Crippen LogP contribution in [0.4, 0.5) is 14.5 Å². The van der Waals surface area contributed by atoms with E-state index in [0.717, 1.165) is 5.69 Å². The first-order chi connectivity index (χ1) is 12.2. The van der Waals surface area contributed by atoms with Crippen LogP contribution in [0.25, 0.3) is 5.65 Å². The van der Waals surface area contributed by atoms with Crippen LogP contribution in [0.5, 0.6) is 5.75 Å². The van der Waals surface area contributed by atoms with E-state index in [4.69, 9.17) is 0 Å². The molecule has 1 amide bonds. The largest absolute Gasteiger partial charge is 0.435 e.